The van der Waals surface area contributed by atoms with Crippen LogP contribution in [-0.4, -0.2) is 30.2 Å². The predicted octanol–water partition coefficient (Wildman–Crippen LogP) is -0.286. The Morgan fingerprint density at radius 3 is 2.85 bits per heavy atom. The molecule has 0 spiro atoms. The molecular weight excluding hydrogens is 176 g/mol. The van der Waals surface area contributed by atoms with E-state index < -0.39 is 4.65 Å². The van der Waals surface area contributed by atoms with Crippen molar-refractivity contribution in [3.63, 3.8) is 0 Å². The Labute approximate surface area is 73.6 Å². The van der Waals surface area contributed by atoms with Gasteiger partial charge in [-0.3, -0.25) is 5.21 Å². The second kappa shape index (κ2) is 2.24. The maximum atomic E-state index is 9.73. The number of hydrazine groups is 1. The van der Waals surface area contributed by atoms with Gasteiger partial charge in [0.1, 0.15) is 6.20 Å². The van der Waals surface area contributed by atoms with Crippen molar-refractivity contribution in [2.75, 3.05) is 0 Å². The number of nitrogens with two attached hydrogens (primary N) is 1. The maximum Gasteiger partial charge on any atom is 0.293 e. The molecule has 0 saturated carbocycles. The Hall–Kier alpha value is -1.54. The smallest absolute Gasteiger partial charge is 0.293 e. The number of hydrogen-bond donors (Lipinski definition) is 4. The minimum Gasteiger partial charge on any atom is -0.490 e. The number of nitrogens with zero attached hydrogens (tertiary/aromatic N) is 3. The van der Waals surface area contributed by atoms with Crippen LogP contribution in [0, 0.1) is 0 Å². The summed E-state index contributed by atoms with van der Waals surface area (Å²) >= 11 is 0. The van der Waals surface area contributed by atoms with E-state index in [0.29, 0.717) is 5.06 Å². The van der Waals surface area contributed by atoms with E-state index >= 15 is 0 Å². The number of hydroxylamine groups is 5. The molecule has 13 heavy (non-hydrogen) atoms. The molecule has 0 aromatic heterocycles. The first-order chi connectivity index (χ1) is 6.03. The summed E-state index contributed by atoms with van der Waals surface area (Å²) < 4.78 is -0.796. The molecule has 0 amide bonds. The summed E-state index contributed by atoms with van der Waals surface area (Å²) in [6.07, 6.45) is 4.79. The second-order valence-corrected chi connectivity index (χ2v) is 2.76. The lowest BCUT2D eigenvalue weighted by molar-refractivity contribution is -0.995. The lowest BCUT2D eigenvalue weighted by Crippen LogP contribution is -2.42. The van der Waals surface area contributed by atoms with Gasteiger partial charge in [-0.1, -0.05) is 4.65 Å². The molecule has 0 aromatic carbocycles. The highest BCUT2D eigenvalue weighted by molar-refractivity contribution is 5.09. The molecule has 2 heterocycles. The fraction of sp³-hybridized carbons (Fsp3) is 0. The van der Waals surface area contributed by atoms with Crippen molar-refractivity contribution >= 4 is 0 Å². The molecule has 70 valence electrons. The van der Waals surface area contributed by atoms with Crippen LogP contribution in [0.2, 0.25) is 0 Å². The van der Waals surface area contributed by atoms with Crippen LogP contribution in [0.3, 0.4) is 0 Å². The van der Waals surface area contributed by atoms with Crippen molar-refractivity contribution in [2.45, 2.75) is 0 Å². The predicted molar refractivity (Wildman–Crippen MR) is 39.6 cm³/mol. The van der Waals surface area contributed by atoms with Crippen molar-refractivity contribution in [2.24, 2.45) is 5.84 Å². The zero-order valence-corrected chi connectivity index (χ0v) is 6.57. The summed E-state index contributed by atoms with van der Waals surface area (Å²) in [7, 11) is 0. The third-order valence-corrected chi connectivity index (χ3v) is 1.87. The number of aliphatic hydroxyl groups is 1. The van der Waals surface area contributed by atoms with Gasteiger partial charge < -0.3 is 5.11 Å². The monoisotopic (exact) mass is 185 g/mol. The number of aliphatic hydroxyl groups excluding tert-OH is 1. The Kier molecular flexibility index (Phi) is 1.39. The maximum absolute atomic E-state index is 9.73. The molecule has 7 nitrogen and oxygen atoms in total. The summed E-state index contributed by atoms with van der Waals surface area (Å²) in [4.78, 5) is 0. The molecule has 0 fully saturated rings. The van der Waals surface area contributed by atoms with Crippen molar-refractivity contribution in [3.05, 3.63) is 36.5 Å². The van der Waals surface area contributed by atoms with Crippen LogP contribution < -0.4 is 5.84 Å². The molecule has 7 heteroatoms. The van der Waals surface area contributed by atoms with Crippen LogP contribution in [0.4, 0.5) is 0 Å². The van der Waals surface area contributed by atoms with E-state index in [-0.39, 0.29) is 11.7 Å². The van der Waals surface area contributed by atoms with Crippen LogP contribution >= 0.6 is 0 Å². The molecule has 5 N–H and O–H groups in total. The third kappa shape index (κ3) is 0.993. The minimum absolute atomic E-state index is 0.111. The summed E-state index contributed by atoms with van der Waals surface area (Å²) in [5.74, 6) is 5.12. The van der Waals surface area contributed by atoms with Crippen molar-refractivity contribution in [1.82, 2.24) is 10.1 Å². The van der Waals surface area contributed by atoms with Gasteiger partial charge in [-0.15, -0.1) is 0 Å². The molecular formula is C6H9N4O3+. The molecule has 2 aliphatic rings. The summed E-state index contributed by atoms with van der Waals surface area (Å²) in [5.41, 5.74) is 0. The standard InChI is InChI=1S/C6H8N4O3/c7-8-3-5-9(12)1-2-10(5,13)4-6(8)11/h1-4,12-13H,7H2/p+1. The number of quaternary nitrogens is 1. The largest absolute Gasteiger partial charge is 0.490 e. The highest BCUT2D eigenvalue weighted by Gasteiger charge is 2.42. The molecule has 0 radical (unpaired) electrons. The first-order valence-electron chi connectivity index (χ1n) is 3.50. The zero-order chi connectivity index (χ0) is 9.64. The average molecular weight is 185 g/mol. The lowest BCUT2D eigenvalue weighted by atomic mass is 10.5. The van der Waals surface area contributed by atoms with E-state index in [1.165, 1.54) is 18.6 Å². The summed E-state index contributed by atoms with van der Waals surface area (Å²) in [6.45, 7) is 0. The Balaban J connectivity index is 2.46. The fourth-order valence-electron chi connectivity index (χ4n) is 1.18. The van der Waals surface area contributed by atoms with E-state index in [9.17, 15) is 15.5 Å². The van der Waals surface area contributed by atoms with Crippen molar-refractivity contribution in [3.8, 4) is 0 Å². The Morgan fingerprint density at radius 1 is 1.46 bits per heavy atom. The van der Waals surface area contributed by atoms with Crippen molar-refractivity contribution in [1.29, 1.82) is 0 Å². The third-order valence-electron chi connectivity index (χ3n) is 1.87. The van der Waals surface area contributed by atoms with E-state index in [1.807, 2.05) is 0 Å². The lowest BCUT2D eigenvalue weighted by Gasteiger charge is -2.26. The average Bonchev–Trinajstić information content (AvgIpc) is 2.32. The molecule has 2 aliphatic heterocycles. The van der Waals surface area contributed by atoms with Crippen LogP contribution in [0.15, 0.2) is 36.5 Å². The molecule has 0 aromatic rings. The number of hydrogen-bond acceptors (Lipinski definition) is 6. The van der Waals surface area contributed by atoms with Gasteiger partial charge in [0.15, 0.2) is 6.20 Å². The zero-order valence-electron chi connectivity index (χ0n) is 6.57. The van der Waals surface area contributed by atoms with Gasteiger partial charge in [-0.2, -0.15) is 10.3 Å². The number of fused-ring (bicyclic) bond motifs is 1. The van der Waals surface area contributed by atoms with Crippen LogP contribution in [0.5, 0.6) is 0 Å². The summed E-state index contributed by atoms with van der Waals surface area (Å²) in [6, 6.07) is 0. The normalized spacial score (nSPS) is 31.6. The van der Waals surface area contributed by atoms with Crippen LogP contribution in [-0.2, 0) is 0 Å². The fourth-order valence-corrected chi connectivity index (χ4v) is 1.18. The highest BCUT2D eigenvalue weighted by atomic mass is 16.6. The van der Waals surface area contributed by atoms with E-state index in [0.717, 1.165) is 11.2 Å². The molecule has 0 aliphatic carbocycles. The topological polar surface area (TPSA) is 93.2 Å². The van der Waals surface area contributed by atoms with Gasteiger partial charge in [-0.25, -0.2) is 10.9 Å². The Bertz CT molecular complexity index is 337. The molecule has 1 atom stereocenters. The number of rotatable bonds is 0. The molecule has 2 rings (SSSR count). The van der Waals surface area contributed by atoms with E-state index in [4.69, 9.17) is 5.84 Å². The van der Waals surface area contributed by atoms with Gasteiger partial charge in [0.2, 0.25) is 6.20 Å². The summed E-state index contributed by atoms with van der Waals surface area (Å²) in [5, 5.41) is 29.7. The molecule has 1 unspecified atom stereocenters. The SMILES string of the molecule is NN1C=C2N(O)C=C[N+]2(O)C=C1O. The quantitative estimate of drug-likeness (QED) is 0.306. The van der Waals surface area contributed by atoms with Gasteiger partial charge in [0.25, 0.3) is 11.7 Å². The second-order valence-electron chi connectivity index (χ2n) is 2.76. The molecule has 0 saturated heterocycles. The van der Waals surface area contributed by atoms with Crippen LogP contribution in [0.1, 0.15) is 0 Å². The van der Waals surface area contributed by atoms with Crippen molar-refractivity contribution < 1.29 is 20.2 Å². The van der Waals surface area contributed by atoms with Gasteiger partial charge in [0.05, 0.1) is 6.20 Å². The minimum atomic E-state index is -0.796. The Morgan fingerprint density at radius 2 is 2.15 bits per heavy atom. The first kappa shape index (κ1) is 8.08. The van der Waals surface area contributed by atoms with Gasteiger partial charge in [0, 0.05) is 0 Å². The van der Waals surface area contributed by atoms with Gasteiger partial charge >= 0.3 is 0 Å². The molecule has 0 bridgehead atoms. The van der Waals surface area contributed by atoms with Crippen LogP contribution in [0.25, 0.3) is 0 Å². The highest BCUT2D eigenvalue weighted by Crippen LogP contribution is 2.30. The van der Waals surface area contributed by atoms with E-state index in [1.54, 1.807) is 0 Å². The van der Waals surface area contributed by atoms with E-state index in [2.05, 4.69) is 0 Å². The van der Waals surface area contributed by atoms with Gasteiger partial charge in [-0.05, 0) is 0 Å². The first-order valence-corrected chi connectivity index (χ1v) is 3.50.